The number of rotatable bonds is 7. The van der Waals surface area contributed by atoms with Crippen LogP contribution in [0.5, 0.6) is 0 Å². The van der Waals surface area contributed by atoms with Crippen molar-refractivity contribution in [1.29, 1.82) is 0 Å². The molecule has 1 unspecified atom stereocenters. The molecule has 0 aliphatic heterocycles. The second-order valence-electron chi connectivity index (χ2n) is 4.89. The van der Waals surface area contributed by atoms with E-state index in [1.807, 2.05) is 27.7 Å². The lowest BCUT2D eigenvalue weighted by atomic mass is 10.2. The Morgan fingerprint density at radius 1 is 1.28 bits per heavy atom. The molecular weight excluding hydrogens is 236 g/mol. The van der Waals surface area contributed by atoms with Gasteiger partial charge < -0.3 is 20.1 Å². The van der Waals surface area contributed by atoms with Crippen LogP contribution in [0.1, 0.15) is 27.7 Å². The van der Waals surface area contributed by atoms with E-state index in [0.717, 1.165) is 0 Å². The summed E-state index contributed by atoms with van der Waals surface area (Å²) in [5.74, 6) is -0.728. The fourth-order valence-electron chi connectivity index (χ4n) is 1.47. The number of amides is 2. The normalized spacial score (nSPS) is 12.6. The summed E-state index contributed by atoms with van der Waals surface area (Å²) < 4.78 is 4.75. The molecule has 0 aliphatic carbocycles. The summed E-state index contributed by atoms with van der Waals surface area (Å²) in [5, 5.41) is 11.4. The Hall–Kier alpha value is -1.30. The van der Waals surface area contributed by atoms with Gasteiger partial charge in [-0.2, -0.15) is 0 Å². The van der Waals surface area contributed by atoms with Gasteiger partial charge in [0.05, 0.1) is 6.54 Å². The Bertz CT molecular complexity index is 279. The highest BCUT2D eigenvalue weighted by Gasteiger charge is 2.21. The largest absolute Gasteiger partial charge is 0.479 e. The number of nitrogens with one attached hydrogen (secondary N) is 1. The molecule has 0 heterocycles. The molecule has 0 aromatic heterocycles. The molecule has 2 amide bonds. The number of methoxy groups -OCH3 is 1. The van der Waals surface area contributed by atoms with Crippen molar-refractivity contribution in [3.8, 4) is 0 Å². The SMILES string of the molecule is COC(CNC(=O)N(CC(C)C)C(C)C)C(=O)O. The first-order chi connectivity index (χ1) is 8.29. The molecule has 0 fully saturated rings. The molecule has 0 aromatic carbocycles. The minimum Gasteiger partial charge on any atom is -0.479 e. The van der Waals surface area contributed by atoms with Crippen molar-refractivity contribution in [3.05, 3.63) is 0 Å². The van der Waals surface area contributed by atoms with Crippen molar-refractivity contribution in [3.63, 3.8) is 0 Å². The number of nitrogens with zero attached hydrogens (tertiary/aromatic N) is 1. The van der Waals surface area contributed by atoms with E-state index in [-0.39, 0.29) is 18.6 Å². The number of carbonyl (C=O) groups excluding carboxylic acids is 1. The molecule has 0 spiro atoms. The van der Waals surface area contributed by atoms with Gasteiger partial charge in [-0.05, 0) is 19.8 Å². The van der Waals surface area contributed by atoms with E-state index >= 15 is 0 Å². The molecule has 0 bridgehead atoms. The molecular formula is C12H24N2O4. The second-order valence-corrected chi connectivity index (χ2v) is 4.89. The molecule has 106 valence electrons. The highest BCUT2D eigenvalue weighted by molar-refractivity contribution is 5.77. The predicted octanol–water partition coefficient (Wildman–Crippen LogP) is 1.16. The first-order valence-corrected chi connectivity index (χ1v) is 6.09. The predicted molar refractivity (Wildman–Crippen MR) is 68.5 cm³/mol. The van der Waals surface area contributed by atoms with Gasteiger partial charge in [-0.15, -0.1) is 0 Å². The average molecular weight is 260 g/mol. The third-order valence-corrected chi connectivity index (χ3v) is 2.44. The van der Waals surface area contributed by atoms with Crippen molar-refractivity contribution in [2.45, 2.75) is 39.8 Å². The van der Waals surface area contributed by atoms with Crippen molar-refractivity contribution >= 4 is 12.0 Å². The molecule has 6 heteroatoms. The van der Waals surface area contributed by atoms with Crippen LogP contribution in [0.2, 0.25) is 0 Å². The molecule has 0 aliphatic rings. The number of urea groups is 1. The van der Waals surface area contributed by atoms with Gasteiger partial charge in [-0.3, -0.25) is 0 Å². The number of aliphatic carboxylic acids is 1. The van der Waals surface area contributed by atoms with Gasteiger partial charge in [0.15, 0.2) is 6.10 Å². The van der Waals surface area contributed by atoms with Crippen molar-refractivity contribution in [2.75, 3.05) is 20.2 Å². The Morgan fingerprint density at radius 2 is 1.83 bits per heavy atom. The van der Waals surface area contributed by atoms with Crippen LogP contribution in [0.3, 0.4) is 0 Å². The van der Waals surface area contributed by atoms with Crippen LogP contribution >= 0.6 is 0 Å². The molecule has 1 atom stereocenters. The molecule has 2 N–H and O–H groups in total. The van der Waals surface area contributed by atoms with Crippen molar-refractivity contribution in [2.24, 2.45) is 5.92 Å². The van der Waals surface area contributed by atoms with E-state index in [0.29, 0.717) is 12.5 Å². The Labute approximate surface area is 108 Å². The maximum absolute atomic E-state index is 11.9. The molecule has 0 aromatic rings. The standard InChI is InChI=1S/C12H24N2O4/c1-8(2)7-14(9(3)4)12(17)13-6-10(18-5)11(15)16/h8-10H,6-7H2,1-5H3,(H,13,17)(H,15,16). The summed E-state index contributed by atoms with van der Waals surface area (Å²) in [4.78, 5) is 24.3. The molecule has 0 saturated heterocycles. The van der Waals surface area contributed by atoms with Crippen molar-refractivity contribution in [1.82, 2.24) is 10.2 Å². The molecule has 0 rings (SSSR count). The monoisotopic (exact) mass is 260 g/mol. The summed E-state index contributed by atoms with van der Waals surface area (Å²) in [6, 6.07) is -0.194. The van der Waals surface area contributed by atoms with Gasteiger partial charge in [0.1, 0.15) is 0 Å². The van der Waals surface area contributed by atoms with Crippen LogP contribution in [-0.4, -0.2) is 54.4 Å². The molecule has 18 heavy (non-hydrogen) atoms. The zero-order valence-corrected chi connectivity index (χ0v) is 11.8. The van der Waals surface area contributed by atoms with Crippen LogP contribution in [0.4, 0.5) is 4.79 Å². The number of hydrogen-bond donors (Lipinski definition) is 2. The average Bonchev–Trinajstić information content (AvgIpc) is 2.25. The summed E-state index contributed by atoms with van der Waals surface area (Å²) in [7, 11) is 1.30. The number of carbonyl (C=O) groups is 2. The molecule has 0 radical (unpaired) electrons. The van der Waals surface area contributed by atoms with E-state index in [9.17, 15) is 9.59 Å². The van der Waals surface area contributed by atoms with E-state index < -0.39 is 12.1 Å². The van der Waals surface area contributed by atoms with Gasteiger partial charge in [0.2, 0.25) is 0 Å². The first-order valence-electron chi connectivity index (χ1n) is 6.09. The maximum atomic E-state index is 11.9. The van der Waals surface area contributed by atoms with E-state index in [2.05, 4.69) is 5.32 Å². The lowest BCUT2D eigenvalue weighted by molar-refractivity contribution is -0.148. The fraction of sp³-hybridized carbons (Fsp3) is 0.833. The summed E-state index contributed by atoms with van der Waals surface area (Å²) in [5.41, 5.74) is 0. The van der Waals surface area contributed by atoms with Crippen LogP contribution in [0, 0.1) is 5.92 Å². The highest BCUT2D eigenvalue weighted by Crippen LogP contribution is 2.04. The van der Waals surface area contributed by atoms with Gasteiger partial charge in [-0.1, -0.05) is 13.8 Å². The van der Waals surface area contributed by atoms with E-state index in [1.54, 1.807) is 4.90 Å². The zero-order chi connectivity index (χ0) is 14.3. The minimum atomic E-state index is -1.09. The molecule has 6 nitrogen and oxygen atoms in total. The van der Waals surface area contributed by atoms with Gasteiger partial charge in [0.25, 0.3) is 0 Å². The van der Waals surface area contributed by atoms with Gasteiger partial charge in [-0.25, -0.2) is 9.59 Å². The van der Waals surface area contributed by atoms with Gasteiger partial charge in [0, 0.05) is 19.7 Å². The zero-order valence-electron chi connectivity index (χ0n) is 11.8. The highest BCUT2D eigenvalue weighted by atomic mass is 16.5. The van der Waals surface area contributed by atoms with Crippen LogP contribution in [0.15, 0.2) is 0 Å². The lowest BCUT2D eigenvalue weighted by Crippen LogP contribution is -2.48. The van der Waals surface area contributed by atoms with Crippen molar-refractivity contribution < 1.29 is 19.4 Å². The number of hydrogen-bond acceptors (Lipinski definition) is 3. The van der Waals surface area contributed by atoms with Crippen LogP contribution in [-0.2, 0) is 9.53 Å². The Morgan fingerprint density at radius 3 is 2.17 bits per heavy atom. The topological polar surface area (TPSA) is 78.9 Å². The maximum Gasteiger partial charge on any atom is 0.334 e. The Kier molecular flexibility index (Phi) is 7.35. The Balaban J connectivity index is 4.38. The van der Waals surface area contributed by atoms with E-state index in [1.165, 1.54) is 7.11 Å². The quantitative estimate of drug-likeness (QED) is 0.720. The fourth-order valence-corrected chi connectivity index (χ4v) is 1.47. The first kappa shape index (κ1) is 16.7. The summed E-state index contributed by atoms with van der Waals surface area (Å²) in [6.45, 7) is 8.50. The molecule has 0 saturated carbocycles. The third-order valence-electron chi connectivity index (χ3n) is 2.44. The second kappa shape index (κ2) is 7.92. The van der Waals surface area contributed by atoms with Crippen LogP contribution in [0.25, 0.3) is 0 Å². The van der Waals surface area contributed by atoms with E-state index in [4.69, 9.17) is 9.84 Å². The number of ether oxygens (including phenoxy) is 1. The van der Waals surface area contributed by atoms with Crippen LogP contribution < -0.4 is 5.32 Å². The number of carboxylic acids is 1. The summed E-state index contributed by atoms with van der Waals surface area (Å²) in [6.07, 6.45) is -1.01. The summed E-state index contributed by atoms with van der Waals surface area (Å²) >= 11 is 0. The third kappa shape index (κ3) is 5.86. The van der Waals surface area contributed by atoms with Gasteiger partial charge >= 0.3 is 12.0 Å². The smallest absolute Gasteiger partial charge is 0.334 e. The number of carboxylic acid groups (broad SMARTS) is 1. The minimum absolute atomic E-state index is 0.0357. The lowest BCUT2D eigenvalue weighted by Gasteiger charge is -2.29.